The normalized spacial score (nSPS) is 17.5. The second kappa shape index (κ2) is 7.63. The lowest BCUT2D eigenvalue weighted by Gasteiger charge is -2.41. The van der Waals surface area contributed by atoms with E-state index in [1.165, 1.54) is 0 Å². The number of allylic oxidation sites excluding steroid dienone is 6. The molecule has 1 unspecified atom stereocenters. The fourth-order valence-corrected chi connectivity index (χ4v) is 4.67. The second-order valence-electron chi connectivity index (χ2n) is 8.70. The van der Waals surface area contributed by atoms with Gasteiger partial charge >= 0.3 is 5.97 Å². The van der Waals surface area contributed by atoms with Crippen LogP contribution in [0.25, 0.3) is 11.1 Å². The molecule has 3 N–H and O–H groups in total. The van der Waals surface area contributed by atoms with E-state index in [2.05, 4.69) is 25.6 Å². The van der Waals surface area contributed by atoms with E-state index in [9.17, 15) is 15.0 Å². The highest BCUT2D eigenvalue weighted by atomic mass is 16.4. The number of aromatic nitrogens is 6. The Kier molecular flexibility index (Phi) is 4.86. The number of imidazole rings is 1. The van der Waals surface area contributed by atoms with Crippen molar-refractivity contribution in [3.63, 3.8) is 0 Å². The summed E-state index contributed by atoms with van der Waals surface area (Å²) in [6, 6.07) is 9.53. The van der Waals surface area contributed by atoms with E-state index in [4.69, 9.17) is 0 Å². The number of nitrogens with one attached hydrogen (secondary N) is 1. The lowest BCUT2D eigenvalue weighted by Crippen LogP contribution is -2.32. The van der Waals surface area contributed by atoms with Gasteiger partial charge in [0.05, 0.1) is 6.04 Å². The van der Waals surface area contributed by atoms with Gasteiger partial charge < -0.3 is 14.8 Å². The highest BCUT2D eigenvalue weighted by Crippen LogP contribution is 2.57. The minimum Gasteiger partial charge on any atom is -0.477 e. The molecule has 0 fully saturated rings. The summed E-state index contributed by atoms with van der Waals surface area (Å²) in [7, 11) is 0. The first kappa shape index (κ1) is 21.0. The molecule has 9 heteroatoms. The molecule has 3 aromatic rings. The zero-order valence-corrected chi connectivity index (χ0v) is 18.6. The summed E-state index contributed by atoms with van der Waals surface area (Å²) < 4.78 is 1.76. The van der Waals surface area contributed by atoms with Crippen molar-refractivity contribution in [2.24, 2.45) is 0 Å². The molecule has 168 valence electrons. The molecule has 1 aromatic carbocycles. The van der Waals surface area contributed by atoms with Crippen LogP contribution < -0.4 is 0 Å². The van der Waals surface area contributed by atoms with Gasteiger partial charge in [0.1, 0.15) is 17.1 Å². The highest BCUT2D eigenvalue weighted by Gasteiger charge is 2.46. The molecule has 0 saturated heterocycles. The topological polar surface area (TPSA) is 130 Å². The van der Waals surface area contributed by atoms with Crippen molar-refractivity contribution in [3.8, 4) is 0 Å². The van der Waals surface area contributed by atoms with Crippen LogP contribution in [0.3, 0.4) is 0 Å². The van der Waals surface area contributed by atoms with E-state index < -0.39 is 11.6 Å². The molecule has 33 heavy (non-hydrogen) atoms. The zero-order valence-electron chi connectivity index (χ0n) is 18.6. The Morgan fingerprint density at radius 3 is 2.58 bits per heavy atom. The number of aryl methyl sites for hydroxylation is 1. The standard InChI is InChI=1S/C24H24N6O3/c1-4-8-16-25-21(24(2,3)33)20(23(31)32)30(16)19-15-12-11-14(13-9-6-5-7-10-13)17(19)18(15)22-26-28-29-27-22/h5-7,9-12,19,33H,4,8H2,1-3H3,(H,31,32)(H,26,27,28,29). The van der Waals surface area contributed by atoms with Gasteiger partial charge in [-0.3, -0.25) is 0 Å². The summed E-state index contributed by atoms with van der Waals surface area (Å²) in [6.45, 7) is 5.13. The van der Waals surface area contributed by atoms with Crippen LogP contribution in [-0.2, 0) is 12.0 Å². The van der Waals surface area contributed by atoms with Crippen LogP contribution in [0.1, 0.15) is 66.6 Å². The third kappa shape index (κ3) is 3.23. The number of nitrogens with zero attached hydrogens (tertiary/aromatic N) is 5. The molecule has 2 bridgehead atoms. The lowest BCUT2D eigenvalue weighted by molar-refractivity contribution is 0.0601. The molecule has 2 aromatic heterocycles. The van der Waals surface area contributed by atoms with E-state index in [-0.39, 0.29) is 17.4 Å². The Hall–Kier alpha value is -3.85. The van der Waals surface area contributed by atoms with Gasteiger partial charge in [0, 0.05) is 12.0 Å². The summed E-state index contributed by atoms with van der Waals surface area (Å²) >= 11 is 0. The Balaban J connectivity index is 1.76. The van der Waals surface area contributed by atoms with E-state index in [0.29, 0.717) is 18.1 Å². The van der Waals surface area contributed by atoms with Crippen LogP contribution in [0.5, 0.6) is 0 Å². The Bertz CT molecular complexity index is 1320. The van der Waals surface area contributed by atoms with Crippen LogP contribution in [0.2, 0.25) is 0 Å². The van der Waals surface area contributed by atoms with E-state index in [0.717, 1.165) is 34.3 Å². The largest absolute Gasteiger partial charge is 0.477 e. The molecule has 5 rings (SSSR count). The molecule has 2 aliphatic rings. The van der Waals surface area contributed by atoms with Crippen molar-refractivity contribution in [1.82, 2.24) is 30.2 Å². The van der Waals surface area contributed by atoms with Crippen LogP contribution in [-0.4, -0.2) is 46.4 Å². The molecule has 0 amide bonds. The van der Waals surface area contributed by atoms with Gasteiger partial charge in [-0.1, -0.05) is 49.4 Å². The third-order valence-corrected chi connectivity index (χ3v) is 6.00. The van der Waals surface area contributed by atoms with Crippen LogP contribution >= 0.6 is 0 Å². The smallest absolute Gasteiger partial charge is 0.354 e. The average Bonchev–Trinajstić information content (AvgIpc) is 3.43. The summed E-state index contributed by atoms with van der Waals surface area (Å²) in [6.07, 6.45) is 5.38. The Morgan fingerprint density at radius 1 is 1.21 bits per heavy atom. The van der Waals surface area contributed by atoms with Gasteiger partial charge in [-0.15, -0.1) is 10.2 Å². The number of hydrogen-bond donors (Lipinski definition) is 3. The number of tetrazole rings is 1. The second-order valence-corrected chi connectivity index (χ2v) is 8.70. The fraction of sp³-hybridized carbons (Fsp3) is 0.292. The maximum atomic E-state index is 12.5. The third-order valence-electron chi connectivity index (χ3n) is 6.00. The Labute approximate surface area is 190 Å². The number of carboxylic acids is 1. The Morgan fingerprint density at radius 2 is 1.97 bits per heavy atom. The molecular weight excluding hydrogens is 420 g/mol. The van der Waals surface area contributed by atoms with Crippen molar-refractivity contribution in [3.05, 3.63) is 82.2 Å². The molecule has 2 heterocycles. The monoisotopic (exact) mass is 444 g/mol. The molecule has 1 atom stereocenters. The van der Waals surface area contributed by atoms with Crippen LogP contribution in [0.15, 0.2) is 53.6 Å². The van der Waals surface area contributed by atoms with Gasteiger partial charge in [-0.05, 0) is 47.8 Å². The number of carboxylic acid groups (broad SMARTS) is 1. The number of carbonyl (C=O) groups is 1. The van der Waals surface area contributed by atoms with Crippen molar-refractivity contribution < 1.29 is 15.0 Å². The average molecular weight is 444 g/mol. The van der Waals surface area contributed by atoms with Gasteiger partial charge in [-0.25, -0.2) is 9.78 Å². The van der Waals surface area contributed by atoms with E-state index >= 15 is 0 Å². The van der Waals surface area contributed by atoms with Gasteiger partial charge in [0.15, 0.2) is 5.69 Å². The molecule has 9 nitrogen and oxygen atoms in total. The predicted octanol–water partition coefficient (Wildman–Crippen LogP) is 3.31. The first-order valence-corrected chi connectivity index (χ1v) is 10.9. The number of aliphatic hydroxyl groups is 1. The van der Waals surface area contributed by atoms with Gasteiger partial charge in [-0.2, -0.15) is 5.21 Å². The fourth-order valence-electron chi connectivity index (χ4n) is 4.67. The summed E-state index contributed by atoms with van der Waals surface area (Å²) in [4.78, 5) is 17.1. The zero-order chi connectivity index (χ0) is 23.3. The van der Waals surface area contributed by atoms with Crippen molar-refractivity contribution >= 4 is 17.1 Å². The lowest BCUT2D eigenvalue weighted by atomic mass is 9.68. The summed E-state index contributed by atoms with van der Waals surface area (Å²) in [5.41, 5.74) is 3.38. The van der Waals surface area contributed by atoms with Crippen LogP contribution in [0.4, 0.5) is 0 Å². The first-order valence-electron chi connectivity index (χ1n) is 10.9. The minimum atomic E-state index is -1.41. The number of rotatable bonds is 7. The quantitative estimate of drug-likeness (QED) is 0.510. The number of hydrogen-bond acceptors (Lipinski definition) is 6. The predicted molar refractivity (Wildman–Crippen MR) is 121 cm³/mol. The maximum Gasteiger partial charge on any atom is 0.354 e. The minimum absolute atomic E-state index is 0.000763. The highest BCUT2D eigenvalue weighted by molar-refractivity contribution is 6.05. The maximum absolute atomic E-state index is 12.5. The first-order chi connectivity index (χ1) is 15.8. The van der Waals surface area contributed by atoms with Crippen molar-refractivity contribution in [1.29, 1.82) is 0 Å². The van der Waals surface area contributed by atoms with Gasteiger partial charge in [0.25, 0.3) is 0 Å². The van der Waals surface area contributed by atoms with Crippen molar-refractivity contribution in [2.45, 2.75) is 45.3 Å². The molecule has 0 saturated carbocycles. The molecule has 0 aliphatic heterocycles. The number of H-pyrrole nitrogens is 1. The SMILES string of the molecule is CCCc1nc(C(C)(C)O)c(C(=O)O)n1C1c2ccc(-c3ccccc3)c1c2-c1nn[nH]n1. The van der Waals surface area contributed by atoms with E-state index in [1.54, 1.807) is 18.4 Å². The van der Waals surface area contributed by atoms with E-state index in [1.807, 2.05) is 49.4 Å². The van der Waals surface area contributed by atoms with Gasteiger partial charge in [0.2, 0.25) is 5.82 Å². The van der Waals surface area contributed by atoms with Crippen molar-refractivity contribution in [2.75, 3.05) is 0 Å². The molecular formula is C24H24N6O3. The number of aromatic carboxylic acids is 1. The summed E-state index contributed by atoms with van der Waals surface area (Å²) in [5, 5.41) is 35.5. The van der Waals surface area contributed by atoms with Crippen LogP contribution in [0, 0.1) is 0 Å². The number of aromatic amines is 1. The number of benzene rings is 1. The number of fused-ring (bicyclic) bond motifs is 2. The molecule has 2 aliphatic carbocycles. The molecule has 0 spiro atoms. The molecule has 0 radical (unpaired) electrons. The summed E-state index contributed by atoms with van der Waals surface area (Å²) in [5.74, 6) is -0.0350.